The first-order valence-electron chi connectivity index (χ1n) is 7.24. The molecule has 1 unspecified atom stereocenters. The highest BCUT2D eigenvalue weighted by Gasteiger charge is 2.36. The van der Waals surface area contributed by atoms with E-state index in [2.05, 4.69) is 0 Å². The molecule has 1 atom stereocenters. The molecular formula is C15H20FNO5S. The summed E-state index contributed by atoms with van der Waals surface area (Å²) in [5, 5.41) is 18.9. The topological polar surface area (TPSA) is 94.9 Å². The van der Waals surface area contributed by atoms with Gasteiger partial charge in [-0.3, -0.25) is 0 Å². The number of carbonyl (C=O) groups is 1. The van der Waals surface area contributed by atoms with Crippen LogP contribution in [0.5, 0.6) is 0 Å². The highest BCUT2D eigenvalue weighted by molar-refractivity contribution is 7.89. The second-order valence-corrected chi connectivity index (χ2v) is 8.51. The monoisotopic (exact) mass is 345 g/mol. The fraction of sp³-hybridized carbons (Fsp3) is 0.533. The summed E-state index contributed by atoms with van der Waals surface area (Å²) in [5.74, 6) is -2.31. The third kappa shape index (κ3) is 3.88. The minimum Gasteiger partial charge on any atom is -0.478 e. The molecule has 6 nitrogen and oxygen atoms in total. The number of rotatable bonds is 3. The molecule has 2 N–H and O–H groups in total. The van der Waals surface area contributed by atoms with E-state index in [1.807, 2.05) is 13.8 Å². The van der Waals surface area contributed by atoms with Crippen molar-refractivity contribution in [1.29, 1.82) is 0 Å². The van der Waals surface area contributed by atoms with Gasteiger partial charge in [0.15, 0.2) is 0 Å². The molecule has 1 heterocycles. The molecule has 0 amide bonds. The SMILES string of the molecule is CC1(C)CC(O)CCN(S(=O)(=O)c2cc(C(=O)O)ccc2F)C1. The van der Waals surface area contributed by atoms with Crippen LogP contribution < -0.4 is 0 Å². The zero-order valence-electron chi connectivity index (χ0n) is 13.0. The van der Waals surface area contributed by atoms with Crippen molar-refractivity contribution in [2.24, 2.45) is 5.41 Å². The van der Waals surface area contributed by atoms with Gasteiger partial charge in [0.2, 0.25) is 10.0 Å². The van der Waals surface area contributed by atoms with Crippen LogP contribution in [0.15, 0.2) is 23.1 Å². The molecule has 128 valence electrons. The number of aliphatic hydroxyl groups is 1. The van der Waals surface area contributed by atoms with Crippen molar-refractivity contribution in [2.45, 2.75) is 37.7 Å². The number of benzene rings is 1. The van der Waals surface area contributed by atoms with Crippen LogP contribution in [-0.4, -0.2) is 48.1 Å². The lowest BCUT2D eigenvalue weighted by Crippen LogP contribution is -2.38. The Morgan fingerprint density at radius 1 is 1.39 bits per heavy atom. The van der Waals surface area contributed by atoms with Gasteiger partial charge >= 0.3 is 5.97 Å². The molecule has 1 fully saturated rings. The van der Waals surface area contributed by atoms with Gasteiger partial charge in [-0.1, -0.05) is 13.8 Å². The Balaban J connectivity index is 2.45. The Kier molecular flexibility index (Phi) is 4.79. The van der Waals surface area contributed by atoms with Gasteiger partial charge < -0.3 is 10.2 Å². The minimum atomic E-state index is -4.18. The largest absolute Gasteiger partial charge is 0.478 e. The van der Waals surface area contributed by atoms with Gasteiger partial charge in [-0.15, -0.1) is 0 Å². The first-order valence-corrected chi connectivity index (χ1v) is 8.68. The van der Waals surface area contributed by atoms with Crippen LogP contribution in [0.2, 0.25) is 0 Å². The van der Waals surface area contributed by atoms with Crippen molar-refractivity contribution < 1.29 is 27.8 Å². The maximum Gasteiger partial charge on any atom is 0.335 e. The second kappa shape index (κ2) is 6.18. The van der Waals surface area contributed by atoms with E-state index in [1.165, 1.54) is 0 Å². The van der Waals surface area contributed by atoms with Crippen molar-refractivity contribution in [1.82, 2.24) is 4.31 Å². The summed E-state index contributed by atoms with van der Waals surface area (Å²) in [7, 11) is -4.18. The molecule has 1 aliphatic rings. The fourth-order valence-corrected chi connectivity index (χ4v) is 4.57. The summed E-state index contributed by atoms with van der Waals surface area (Å²) in [4.78, 5) is 10.4. The maximum atomic E-state index is 14.0. The Labute approximate surface area is 134 Å². The molecule has 1 saturated heterocycles. The predicted octanol–water partition coefficient (Wildman–Crippen LogP) is 1.70. The average molecular weight is 345 g/mol. The first kappa shape index (κ1) is 17.8. The average Bonchev–Trinajstić information content (AvgIpc) is 2.56. The molecule has 8 heteroatoms. The van der Waals surface area contributed by atoms with E-state index >= 15 is 0 Å². The van der Waals surface area contributed by atoms with Gasteiger partial charge in [-0.05, 0) is 36.5 Å². The van der Waals surface area contributed by atoms with E-state index in [4.69, 9.17) is 5.11 Å². The van der Waals surface area contributed by atoms with Gasteiger partial charge in [0.05, 0.1) is 11.7 Å². The standard InChI is InChI=1S/C15H20FNO5S/c1-15(2)8-11(18)5-6-17(9-15)23(21,22)13-7-10(14(19)20)3-4-12(13)16/h3-4,7,11,18H,5-6,8-9H2,1-2H3,(H,19,20). The van der Waals surface area contributed by atoms with Gasteiger partial charge in [-0.2, -0.15) is 4.31 Å². The number of halogens is 1. The van der Waals surface area contributed by atoms with Crippen molar-refractivity contribution in [3.8, 4) is 0 Å². The van der Waals surface area contributed by atoms with Crippen LogP contribution in [0.1, 0.15) is 37.0 Å². The summed E-state index contributed by atoms with van der Waals surface area (Å²) in [6, 6.07) is 2.70. The van der Waals surface area contributed by atoms with E-state index in [9.17, 15) is 22.7 Å². The van der Waals surface area contributed by atoms with Gasteiger partial charge in [-0.25, -0.2) is 17.6 Å². The number of hydrogen-bond donors (Lipinski definition) is 2. The highest BCUT2D eigenvalue weighted by atomic mass is 32.2. The lowest BCUT2D eigenvalue weighted by Gasteiger charge is -2.29. The van der Waals surface area contributed by atoms with Crippen LogP contribution >= 0.6 is 0 Å². The fourth-order valence-electron chi connectivity index (χ4n) is 2.83. The van der Waals surface area contributed by atoms with Gasteiger partial charge in [0, 0.05) is 13.1 Å². The van der Waals surface area contributed by atoms with E-state index in [1.54, 1.807) is 0 Å². The molecular weight excluding hydrogens is 325 g/mol. The summed E-state index contributed by atoms with van der Waals surface area (Å²) < 4.78 is 40.6. The Morgan fingerprint density at radius 2 is 2.04 bits per heavy atom. The molecule has 0 saturated carbocycles. The number of aliphatic hydroxyl groups excluding tert-OH is 1. The summed E-state index contributed by atoms with van der Waals surface area (Å²) in [6.07, 6.45) is 0.0694. The molecule has 0 aromatic heterocycles. The Bertz CT molecular complexity index is 717. The summed E-state index contributed by atoms with van der Waals surface area (Å²) in [5.41, 5.74) is -0.761. The molecule has 1 aliphatic heterocycles. The zero-order valence-corrected chi connectivity index (χ0v) is 13.8. The number of aromatic carboxylic acids is 1. The third-order valence-corrected chi connectivity index (χ3v) is 5.76. The summed E-state index contributed by atoms with van der Waals surface area (Å²) >= 11 is 0. The molecule has 0 aliphatic carbocycles. The molecule has 0 radical (unpaired) electrons. The second-order valence-electron chi connectivity index (χ2n) is 6.60. The first-order chi connectivity index (χ1) is 10.5. The van der Waals surface area contributed by atoms with Crippen LogP contribution in [0.25, 0.3) is 0 Å². The van der Waals surface area contributed by atoms with Gasteiger partial charge in [0.1, 0.15) is 10.7 Å². The van der Waals surface area contributed by atoms with Crippen molar-refractivity contribution in [3.63, 3.8) is 0 Å². The maximum absolute atomic E-state index is 14.0. The predicted molar refractivity (Wildman–Crippen MR) is 81.1 cm³/mol. The quantitative estimate of drug-likeness (QED) is 0.869. The lowest BCUT2D eigenvalue weighted by atomic mass is 9.87. The van der Waals surface area contributed by atoms with Crippen LogP contribution in [0.4, 0.5) is 4.39 Å². The Hall–Kier alpha value is -1.51. The minimum absolute atomic E-state index is 0.0592. The number of sulfonamides is 1. The molecule has 0 bridgehead atoms. The Morgan fingerprint density at radius 3 is 2.65 bits per heavy atom. The van der Waals surface area contributed by atoms with Crippen LogP contribution in [0.3, 0.4) is 0 Å². The van der Waals surface area contributed by atoms with Crippen LogP contribution in [-0.2, 0) is 10.0 Å². The van der Waals surface area contributed by atoms with Crippen molar-refractivity contribution in [2.75, 3.05) is 13.1 Å². The third-order valence-electron chi connectivity index (χ3n) is 3.90. The molecule has 0 spiro atoms. The van der Waals surface area contributed by atoms with E-state index in [0.717, 1.165) is 22.5 Å². The van der Waals surface area contributed by atoms with Crippen LogP contribution in [0, 0.1) is 11.2 Å². The van der Waals surface area contributed by atoms with E-state index in [-0.39, 0.29) is 25.1 Å². The lowest BCUT2D eigenvalue weighted by molar-refractivity contribution is 0.0696. The molecule has 1 aromatic carbocycles. The smallest absolute Gasteiger partial charge is 0.335 e. The molecule has 23 heavy (non-hydrogen) atoms. The van der Waals surface area contributed by atoms with Crippen molar-refractivity contribution in [3.05, 3.63) is 29.6 Å². The van der Waals surface area contributed by atoms with Crippen molar-refractivity contribution >= 4 is 16.0 Å². The molecule has 1 aromatic rings. The van der Waals surface area contributed by atoms with E-state index in [0.29, 0.717) is 6.42 Å². The normalized spacial score (nSPS) is 22.5. The highest BCUT2D eigenvalue weighted by Crippen LogP contribution is 2.32. The molecule has 2 rings (SSSR count). The van der Waals surface area contributed by atoms with Gasteiger partial charge in [0.25, 0.3) is 0 Å². The number of carboxylic acid groups (broad SMARTS) is 1. The summed E-state index contributed by atoms with van der Waals surface area (Å²) in [6.45, 7) is 3.84. The number of carboxylic acids is 1. The van der Waals surface area contributed by atoms with E-state index < -0.39 is 38.2 Å². The number of hydrogen-bond acceptors (Lipinski definition) is 4. The number of nitrogens with zero attached hydrogens (tertiary/aromatic N) is 1. The zero-order chi connectivity index (χ0) is 17.4.